The van der Waals surface area contributed by atoms with Gasteiger partial charge in [0.25, 0.3) is 5.91 Å². The molecule has 142 valence electrons. The average molecular weight is 374 g/mol. The minimum Gasteiger partial charge on any atom is -0.326 e. The SMILES string of the molecule is Cc1cnn(-c2ccc(C(=O)Nc3cc(NC(=O)C4CC4)ccc3C)cc2)c1. The first kappa shape index (κ1) is 18.0. The summed E-state index contributed by atoms with van der Waals surface area (Å²) in [6, 6.07) is 12.8. The van der Waals surface area contributed by atoms with Gasteiger partial charge in [0.2, 0.25) is 5.91 Å². The molecule has 2 aromatic carbocycles. The van der Waals surface area contributed by atoms with E-state index in [1.54, 1.807) is 29.1 Å². The smallest absolute Gasteiger partial charge is 0.255 e. The predicted octanol–water partition coefficient (Wildman–Crippen LogP) is 4.09. The summed E-state index contributed by atoms with van der Waals surface area (Å²) in [5.41, 5.74) is 4.84. The highest BCUT2D eigenvalue weighted by molar-refractivity contribution is 6.05. The molecule has 2 amide bonds. The van der Waals surface area contributed by atoms with Crippen LogP contribution in [0.1, 0.15) is 34.3 Å². The van der Waals surface area contributed by atoms with Crippen LogP contribution in [-0.2, 0) is 4.79 Å². The van der Waals surface area contributed by atoms with E-state index in [4.69, 9.17) is 0 Å². The maximum atomic E-state index is 12.6. The van der Waals surface area contributed by atoms with Crippen molar-refractivity contribution >= 4 is 23.2 Å². The number of nitrogens with zero attached hydrogens (tertiary/aromatic N) is 2. The second-order valence-electron chi connectivity index (χ2n) is 7.26. The second kappa shape index (κ2) is 7.31. The summed E-state index contributed by atoms with van der Waals surface area (Å²) in [4.78, 5) is 24.6. The fraction of sp³-hybridized carbons (Fsp3) is 0.227. The molecule has 6 heteroatoms. The second-order valence-corrected chi connectivity index (χ2v) is 7.26. The Balaban J connectivity index is 1.47. The van der Waals surface area contributed by atoms with Crippen LogP contribution in [0.5, 0.6) is 0 Å². The Kier molecular flexibility index (Phi) is 4.69. The minimum atomic E-state index is -0.197. The number of nitrogens with one attached hydrogen (secondary N) is 2. The van der Waals surface area contributed by atoms with Crippen molar-refractivity contribution in [3.8, 4) is 5.69 Å². The topological polar surface area (TPSA) is 76.0 Å². The molecule has 0 atom stereocenters. The number of hydrogen-bond donors (Lipinski definition) is 2. The van der Waals surface area contributed by atoms with Crippen molar-refractivity contribution in [1.29, 1.82) is 0 Å². The third kappa shape index (κ3) is 3.96. The van der Waals surface area contributed by atoms with Gasteiger partial charge in [0.1, 0.15) is 0 Å². The highest BCUT2D eigenvalue weighted by Gasteiger charge is 2.29. The summed E-state index contributed by atoms with van der Waals surface area (Å²) in [5.74, 6) is -0.0148. The summed E-state index contributed by atoms with van der Waals surface area (Å²) in [7, 11) is 0. The molecule has 3 aromatic rings. The van der Waals surface area contributed by atoms with E-state index in [9.17, 15) is 9.59 Å². The van der Waals surface area contributed by atoms with Crippen LogP contribution >= 0.6 is 0 Å². The molecular formula is C22H22N4O2. The van der Waals surface area contributed by atoms with Gasteiger partial charge in [0.15, 0.2) is 0 Å². The number of aryl methyl sites for hydroxylation is 2. The van der Waals surface area contributed by atoms with Crippen LogP contribution in [-0.4, -0.2) is 21.6 Å². The molecule has 2 N–H and O–H groups in total. The monoisotopic (exact) mass is 374 g/mol. The van der Waals surface area contributed by atoms with Gasteiger partial charge < -0.3 is 10.6 Å². The molecule has 1 aromatic heterocycles. The van der Waals surface area contributed by atoms with Gasteiger partial charge in [0, 0.05) is 29.1 Å². The van der Waals surface area contributed by atoms with Gasteiger partial charge in [-0.05, 0) is 74.2 Å². The van der Waals surface area contributed by atoms with Crippen LogP contribution in [0.2, 0.25) is 0 Å². The largest absolute Gasteiger partial charge is 0.326 e. The van der Waals surface area contributed by atoms with E-state index in [1.165, 1.54) is 0 Å². The van der Waals surface area contributed by atoms with Crippen molar-refractivity contribution in [2.45, 2.75) is 26.7 Å². The Hall–Kier alpha value is -3.41. The third-order valence-corrected chi connectivity index (χ3v) is 4.81. The van der Waals surface area contributed by atoms with Crippen LogP contribution in [0.4, 0.5) is 11.4 Å². The van der Waals surface area contributed by atoms with Gasteiger partial charge in [-0.15, -0.1) is 0 Å². The molecule has 0 aliphatic heterocycles. The Bertz CT molecular complexity index is 1030. The van der Waals surface area contributed by atoms with Crippen LogP contribution in [0.3, 0.4) is 0 Å². The zero-order chi connectivity index (χ0) is 19.7. The molecule has 0 spiro atoms. The first-order valence-electron chi connectivity index (χ1n) is 9.34. The summed E-state index contributed by atoms with van der Waals surface area (Å²) in [6.45, 7) is 3.90. The number of benzene rings is 2. The molecule has 0 bridgehead atoms. The van der Waals surface area contributed by atoms with Crippen molar-refractivity contribution < 1.29 is 9.59 Å². The zero-order valence-electron chi connectivity index (χ0n) is 15.9. The first-order chi connectivity index (χ1) is 13.5. The van der Waals surface area contributed by atoms with Gasteiger partial charge in [-0.3, -0.25) is 9.59 Å². The molecule has 6 nitrogen and oxygen atoms in total. The molecule has 1 saturated carbocycles. The van der Waals surface area contributed by atoms with E-state index in [-0.39, 0.29) is 17.7 Å². The zero-order valence-corrected chi connectivity index (χ0v) is 15.9. The maximum Gasteiger partial charge on any atom is 0.255 e. The van der Waals surface area contributed by atoms with Crippen LogP contribution in [0.25, 0.3) is 5.69 Å². The Labute approximate surface area is 163 Å². The maximum absolute atomic E-state index is 12.6. The molecule has 1 fully saturated rings. The summed E-state index contributed by atoms with van der Waals surface area (Å²) in [6.07, 6.45) is 5.63. The standard InChI is InChI=1S/C22H22N4O2/c1-14-12-23-26(13-14)19-9-6-17(7-10-19)22(28)25-20-11-18(8-3-15(20)2)24-21(27)16-4-5-16/h3,6-13,16H,4-5H2,1-2H3,(H,24,27)(H,25,28). The number of aromatic nitrogens is 2. The lowest BCUT2D eigenvalue weighted by atomic mass is 10.1. The summed E-state index contributed by atoms with van der Waals surface area (Å²) in [5, 5.41) is 10.1. The predicted molar refractivity (Wildman–Crippen MR) is 109 cm³/mol. The lowest BCUT2D eigenvalue weighted by molar-refractivity contribution is -0.117. The lowest BCUT2D eigenvalue weighted by Gasteiger charge is -2.12. The van der Waals surface area contributed by atoms with Gasteiger partial charge in [0.05, 0.1) is 11.9 Å². The number of carbonyl (C=O) groups is 2. The molecule has 0 saturated heterocycles. The van der Waals surface area contributed by atoms with E-state index < -0.39 is 0 Å². The van der Waals surface area contributed by atoms with E-state index in [1.807, 2.05) is 44.3 Å². The lowest BCUT2D eigenvalue weighted by Crippen LogP contribution is -2.15. The highest BCUT2D eigenvalue weighted by atomic mass is 16.2. The van der Waals surface area contributed by atoms with E-state index >= 15 is 0 Å². The Morgan fingerprint density at radius 2 is 1.79 bits per heavy atom. The van der Waals surface area contributed by atoms with Gasteiger partial charge in [-0.1, -0.05) is 6.07 Å². The number of hydrogen-bond acceptors (Lipinski definition) is 3. The molecule has 1 heterocycles. The van der Waals surface area contributed by atoms with E-state index in [0.717, 1.165) is 29.7 Å². The van der Waals surface area contributed by atoms with Crippen molar-refractivity contribution in [2.24, 2.45) is 5.92 Å². The van der Waals surface area contributed by atoms with Crippen LogP contribution in [0, 0.1) is 19.8 Å². The number of anilines is 2. The van der Waals surface area contributed by atoms with Gasteiger partial charge in [-0.25, -0.2) is 4.68 Å². The molecule has 1 aliphatic rings. The van der Waals surface area contributed by atoms with Crippen LogP contribution < -0.4 is 10.6 Å². The Morgan fingerprint density at radius 3 is 2.43 bits per heavy atom. The van der Waals surface area contributed by atoms with Crippen LogP contribution in [0.15, 0.2) is 54.9 Å². The third-order valence-electron chi connectivity index (χ3n) is 4.81. The first-order valence-corrected chi connectivity index (χ1v) is 9.34. The average Bonchev–Trinajstić information content (AvgIpc) is 3.46. The van der Waals surface area contributed by atoms with Crippen molar-refractivity contribution in [3.05, 3.63) is 71.5 Å². The van der Waals surface area contributed by atoms with Gasteiger partial charge in [-0.2, -0.15) is 5.10 Å². The summed E-state index contributed by atoms with van der Waals surface area (Å²) < 4.78 is 1.77. The molecular weight excluding hydrogens is 352 g/mol. The summed E-state index contributed by atoms with van der Waals surface area (Å²) >= 11 is 0. The molecule has 1 aliphatic carbocycles. The van der Waals surface area contributed by atoms with E-state index in [2.05, 4.69) is 15.7 Å². The molecule has 4 rings (SSSR count). The quantitative estimate of drug-likeness (QED) is 0.706. The Morgan fingerprint density at radius 1 is 1.04 bits per heavy atom. The normalized spacial score (nSPS) is 13.2. The molecule has 0 radical (unpaired) electrons. The fourth-order valence-corrected chi connectivity index (χ4v) is 2.94. The fourth-order valence-electron chi connectivity index (χ4n) is 2.94. The van der Waals surface area contributed by atoms with Crippen molar-refractivity contribution in [2.75, 3.05) is 10.6 Å². The minimum absolute atomic E-state index is 0.0468. The number of amides is 2. The number of carbonyl (C=O) groups excluding carboxylic acids is 2. The number of rotatable bonds is 5. The van der Waals surface area contributed by atoms with E-state index in [0.29, 0.717) is 16.9 Å². The molecule has 28 heavy (non-hydrogen) atoms. The van der Waals surface area contributed by atoms with Crippen molar-refractivity contribution in [3.63, 3.8) is 0 Å². The molecule has 0 unspecified atom stereocenters. The van der Waals surface area contributed by atoms with Crippen molar-refractivity contribution in [1.82, 2.24) is 9.78 Å². The highest BCUT2D eigenvalue weighted by Crippen LogP contribution is 2.31. The van der Waals surface area contributed by atoms with Gasteiger partial charge >= 0.3 is 0 Å².